The lowest BCUT2D eigenvalue weighted by molar-refractivity contribution is 0.464. The summed E-state index contributed by atoms with van der Waals surface area (Å²) < 4.78 is 7.60. The summed E-state index contributed by atoms with van der Waals surface area (Å²) in [7, 11) is 0. The van der Waals surface area contributed by atoms with Crippen molar-refractivity contribution in [1.29, 1.82) is 0 Å². The SMILES string of the molecule is Clc1cc(Br)cnc1Oc1ccc2cc(Br)ccc2c1. The standard InChI is InChI=1S/C15H8Br2ClNO/c16-11-3-1-10-6-13(4-2-9(10)5-11)20-15-14(18)7-12(17)8-19-15/h1-8H. The molecule has 100 valence electrons. The van der Waals surface area contributed by atoms with Gasteiger partial charge in [-0.05, 0) is 57.0 Å². The Labute approximate surface area is 138 Å². The minimum Gasteiger partial charge on any atom is -0.438 e. The first-order chi connectivity index (χ1) is 9.61. The Morgan fingerprint density at radius 2 is 1.65 bits per heavy atom. The third-order valence-corrected chi connectivity index (χ3v) is 3.96. The van der Waals surface area contributed by atoms with E-state index in [1.165, 1.54) is 0 Å². The lowest BCUT2D eigenvalue weighted by Crippen LogP contribution is -1.89. The van der Waals surface area contributed by atoms with Gasteiger partial charge in [0.15, 0.2) is 0 Å². The molecule has 1 aromatic heterocycles. The highest BCUT2D eigenvalue weighted by molar-refractivity contribution is 9.10. The fraction of sp³-hybridized carbons (Fsp3) is 0. The summed E-state index contributed by atoms with van der Waals surface area (Å²) in [5.74, 6) is 1.10. The molecule has 0 radical (unpaired) electrons. The average molecular weight is 413 g/mol. The molecule has 0 saturated heterocycles. The highest BCUT2D eigenvalue weighted by atomic mass is 79.9. The number of benzene rings is 2. The minimum atomic E-state index is 0.395. The molecule has 0 spiro atoms. The molecule has 3 rings (SSSR count). The first-order valence-corrected chi connectivity index (χ1v) is 7.76. The summed E-state index contributed by atoms with van der Waals surface area (Å²) in [5, 5.41) is 2.70. The molecule has 0 unspecified atom stereocenters. The van der Waals surface area contributed by atoms with Gasteiger partial charge in [0, 0.05) is 15.1 Å². The van der Waals surface area contributed by atoms with Crippen molar-refractivity contribution < 1.29 is 4.74 Å². The van der Waals surface area contributed by atoms with E-state index >= 15 is 0 Å². The van der Waals surface area contributed by atoms with Crippen LogP contribution in [0.2, 0.25) is 5.02 Å². The Morgan fingerprint density at radius 1 is 0.900 bits per heavy atom. The summed E-state index contributed by atoms with van der Waals surface area (Å²) in [6.45, 7) is 0. The van der Waals surface area contributed by atoms with Gasteiger partial charge < -0.3 is 4.74 Å². The van der Waals surface area contributed by atoms with Crippen LogP contribution in [0.15, 0.2) is 57.6 Å². The number of hydrogen-bond donors (Lipinski definition) is 0. The predicted octanol–water partition coefficient (Wildman–Crippen LogP) is 6.21. The third-order valence-electron chi connectivity index (χ3n) is 2.76. The van der Waals surface area contributed by atoms with Crippen molar-refractivity contribution in [2.45, 2.75) is 0 Å². The summed E-state index contributed by atoms with van der Waals surface area (Å²) in [6, 6.07) is 13.7. The van der Waals surface area contributed by atoms with E-state index in [1.54, 1.807) is 12.3 Å². The smallest absolute Gasteiger partial charge is 0.238 e. The Kier molecular flexibility index (Phi) is 3.96. The van der Waals surface area contributed by atoms with Gasteiger partial charge in [0.1, 0.15) is 10.8 Å². The van der Waals surface area contributed by atoms with Crippen LogP contribution in [0.1, 0.15) is 0 Å². The van der Waals surface area contributed by atoms with E-state index < -0.39 is 0 Å². The number of halogens is 3. The lowest BCUT2D eigenvalue weighted by atomic mass is 10.1. The van der Waals surface area contributed by atoms with Crippen molar-refractivity contribution in [2.75, 3.05) is 0 Å². The molecule has 0 atom stereocenters. The van der Waals surface area contributed by atoms with Crippen LogP contribution < -0.4 is 4.74 Å². The van der Waals surface area contributed by atoms with Crippen LogP contribution in [0.3, 0.4) is 0 Å². The van der Waals surface area contributed by atoms with E-state index in [-0.39, 0.29) is 0 Å². The summed E-state index contributed by atoms with van der Waals surface area (Å²) >= 11 is 12.9. The van der Waals surface area contributed by atoms with Gasteiger partial charge in [-0.3, -0.25) is 0 Å². The van der Waals surface area contributed by atoms with Crippen LogP contribution in [0, 0.1) is 0 Å². The van der Waals surface area contributed by atoms with Gasteiger partial charge in [-0.1, -0.05) is 39.7 Å². The molecule has 0 aliphatic rings. The molecule has 20 heavy (non-hydrogen) atoms. The van der Waals surface area contributed by atoms with Gasteiger partial charge in [-0.2, -0.15) is 0 Å². The van der Waals surface area contributed by atoms with E-state index in [1.807, 2.05) is 30.3 Å². The fourth-order valence-corrected chi connectivity index (χ4v) is 2.89. The van der Waals surface area contributed by atoms with Gasteiger partial charge in [0.25, 0.3) is 0 Å². The molecule has 2 aromatic carbocycles. The van der Waals surface area contributed by atoms with Crippen molar-refractivity contribution in [3.63, 3.8) is 0 Å². The second-order valence-electron chi connectivity index (χ2n) is 4.20. The molecule has 0 N–H and O–H groups in total. The second kappa shape index (κ2) is 5.72. The molecule has 0 fully saturated rings. The first-order valence-electron chi connectivity index (χ1n) is 5.80. The van der Waals surface area contributed by atoms with Gasteiger partial charge in [0.2, 0.25) is 5.88 Å². The summed E-state index contributed by atoms with van der Waals surface area (Å²) in [6.07, 6.45) is 1.65. The Balaban J connectivity index is 1.96. The maximum atomic E-state index is 6.09. The lowest BCUT2D eigenvalue weighted by Gasteiger charge is -2.08. The number of aromatic nitrogens is 1. The fourth-order valence-electron chi connectivity index (χ4n) is 1.85. The number of hydrogen-bond acceptors (Lipinski definition) is 2. The van der Waals surface area contributed by atoms with Crippen molar-refractivity contribution in [1.82, 2.24) is 4.98 Å². The Bertz CT molecular complexity index is 792. The third kappa shape index (κ3) is 2.97. The second-order valence-corrected chi connectivity index (χ2v) is 6.43. The highest BCUT2D eigenvalue weighted by Crippen LogP contribution is 2.31. The van der Waals surface area contributed by atoms with Crippen LogP contribution >= 0.6 is 43.5 Å². The van der Waals surface area contributed by atoms with E-state index in [2.05, 4.69) is 42.9 Å². The Morgan fingerprint density at radius 3 is 2.45 bits per heavy atom. The maximum absolute atomic E-state index is 6.09. The van der Waals surface area contributed by atoms with Crippen LogP contribution in [0.4, 0.5) is 0 Å². The van der Waals surface area contributed by atoms with Gasteiger partial charge >= 0.3 is 0 Å². The normalized spacial score (nSPS) is 10.8. The van der Waals surface area contributed by atoms with E-state index in [9.17, 15) is 0 Å². The molecule has 0 saturated carbocycles. The van der Waals surface area contributed by atoms with E-state index in [0.29, 0.717) is 16.7 Å². The zero-order chi connectivity index (χ0) is 14.1. The maximum Gasteiger partial charge on any atom is 0.238 e. The molecular formula is C15H8Br2ClNO. The molecule has 1 heterocycles. The number of pyridine rings is 1. The predicted molar refractivity (Wildman–Crippen MR) is 88.7 cm³/mol. The Hall–Kier alpha value is -1.10. The minimum absolute atomic E-state index is 0.395. The van der Waals surface area contributed by atoms with Crippen LogP contribution in [0.25, 0.3) is 10.8 Å². The molecule has 0 bridgehead atoms. The molecule has 2 nitrogen and oxygen atoms in total. The summed E-state index contributed by atoms with van der Waals surface area (Å²) in [4.78, 5) is 4.16. The molecule has 0 amide bonds. The van der Waals surface area contributed by atoms with Gasteiger partial charge in [-0.25, -0.2) is 4.98 Å². The van der Waals surface area contributed by atoms with E-state index in [4.69, 9.17) is 16.3 Å². The number of nitrogens with zero attached hydrogens (tertiary/aromatic N) is 1. The van der Waals surface area contributed by atoms with Crippen LogP contribution in [0.5, 0.6) is 11.6 Å². The highest BCUT2D eigenvalue weighted by Gasteiger charge is 2.06. The zero-order valence-electron chi connectivity index (χ0n) is 10.1. The number of rotatable bonds is 2. The monoisotopic (exact) mass is 411 g/mol. The first kappa shape index (κ1) is 13.9. The summed E-state index contributed by atoms with van der Waals surface area (Å²) in [5.41, 5.74) is 0. The molecular weight excluding hydrogens is 405 g/mol. The quantitative estimate of drug-likeness (QED) is 0.499. The van der Waals surface area contributed by atoms with Crippen molar-refractivity contribution in [3.05, 3.63) is 62.6 Å². The van der Waals surface area contributed by atoms with Crippen LogP contribution in [-0.4, -0.2) is 4.98 Å². The van der Waals surface area contributed by atoms with E-state index in [0.717, 1.165) is 19.7 Å². The number of ether oxygens (including phenoxy) is 1. The van der Waals surface area contributed by atoms with Gasteiger partial charge in [0.05, 0.1) is 0 Å². The van der Waals surface area contributed by atoms with Crippen molar-refractivity contribution >= 4 is 54.2 Å². The topological polar surface area (TPSA) is 22.1 Å². The molecule has 0 aliphatic carbocycles. The molecule has 3 aromatic rings. The number of fused-ring (bicyclic) bond motifs is 1. The molecule has 5 heteroatoms. The average Bonchev–Trinajstić information content (AvgIpc) is 2.42. The van der Waals surface area contributed by atoms with Crippen LogP contribution in [-0.2, 0) is 0 Å². The molecule has 0 aliphatic heterocycles. The largest absolute Gasteiger partial charge is 0.438 e. The zero-order valence-corrected chi connectivity index (χ0v) is 14.0. The van der Waals surface area contributed by atoms with Crippen molar-refractivity contribution in [3.8, 4) is 11.6 Å². The van der Waals surface area contributed by atoms with Crippen molar-refractivity contribution in [2.24, 2.45) is 0 Å². The van der Waals surface area contributed by atoms with Gasteiger partial charge in [-0.15, -0.1) is 0 Å².